The van der Waals surface area contributed by atoms with E-state index in [0.29, 0.717) is 30.7 Å². The van der Waals surface area contributed by atoms with Gasteiger partial charge in [-0.05, 0) is 50.4 Å². The summed E-state index contributed by atoms with van der Waals surface area (Å²) in [6, 6.07) is 4.73. The van der Waals surface area contributed by atoms with Crippen LogP contribution in [-0.4, -0.2) is 78.1 Å². The topological polar surface area (TPSA) is 113 Å². The number of anilines is 2. The molecule has 246 valence electrons. The van der Waals surface area contributed by atoms with Crippen LogP contribution in [0.25, 0.3) is 32.1 Å². The number of aromatic nitrogens is 2. The van der Waals surface area contributed by atoms with Crippen LogP contribution in [0.15, 0.2) is 12.1 Å². The lowest BCUT2D eigenvalue weighted by atomic mass is 9.95. The van der Waals surface area contributed by atoms with Gasteiger partial charge in [0.1, 0.15) is 47.6 Å². The third-order valence-electron chi connectivity index (χ3n) is 10.3. The first-order valence-electron chi connectivity index (χ1n) is 16.0. The summed E-state index contributed by atoms with van der Waals surface area (Å²) in [6.07, 6.45) is 2.90. The largest absolute Gasteiger partial charge is 0.489 e. The summed E-state index contributed by atoms with van der Waals surface area (Å²) in [6.45, 7) is 5.07. The van der Waals surface area contributed by atoms with Crippen molar-refractivity contribution >= 4 is 54.7 Å². The number of nitrogens with zero attached hydrogens (tertiary/aromatic N) is 5. The monoisotopic (exact) mass is 683 g/mol. The van der Waals surface area contributed by atoms with E-state index >= 15 is 4.39 Å². The fourth-order valence-corrected chi connectivity index (χ4v) is 9.41. The molecule has 0 bridgehead atoms. The number of nitrogen functional groups attached to an aromatic ring is 1. The van der Waals surface area contributed by atoms with Crippen molar-refractivity contribution in [3.05, 3.63) is 34.4 Å². The molecule has 3 saturated heterocycles. The lowest BCUT2D eigenvalue weighted by molar-refractivity contribution is 0.107. The molecule has 0 spiro atoms. The van der Waals surface area contributed by atoms with Gasteiger partial charge in [0, 0.05) is 36.5 Å². The maximum Gasteiger partial charge on any atom is 0.319 e. The van der Waals surface area contributed by atoms with E-state index in [0.717, 1.165) is 50.1 Å². The van der Waals surface area contributed by atoms with Crippen LogP contribution in [0.4, 0.5) is 24.0 Å². The smallest absolute Gasteiger partial charge is 0.319 e. The highest BCUT2D eigenvalue weighted by Gasteiger charge is 2.49. The molecule has 8 rings (SSSR count). The van der Waals surface area contributed by atoms with Crippen molar-refractivity contribution in [3.63, 3.8) is 0 Å². The molecule has 0 aliphatic carbocycles. The highest BCUT2D eigenvalue weighted by Crippen LogP contribution is 2.51. The standard InChI is InChI=1S/C33H33ClF3N7O2S/c1-2-40-17-4-5-18-14-45-28-24-27(26(37)23(25(28)34)19-6-7-21(36)29-22(19)20(11-38)30(39)47-29)41-32(42-31(24)44(18)13-17)46-15-33-8-3-9-43(33)12-16(35)10-33/h6-7,16-18,40H,2-5,8-10,12-15,39H2,1H3/t16-,17-,18+,33+/m1/s1. The number of hydrogen-bond acceptors (Lipinski definition) is 10. The number of nitrogens with one attached hydrogen (secondary N) is 1. The molecule has 2 aromatic carbocycles. The first kappa shape index (κ1) is 30.7. The minimum Gasteiger partial charge on any atom is -0.489 e. The summed E-state index contributed by atoms with van der Waals surface area (Å²) in [5.74, 6) is -0.695. The molecule has 14 heteroatoms. The Balaban J connectivity index is 1.34. The van der Waals surface area contributed by atoms with E-state index in [1.807, 2.05) is 6.07 Å². The van der Waals surface area contributed by atoms with Gasteiger partial charge in [0.2, 0.25) is 0 Å². The summed E-state index contributed by atoms with van der Waals surface area (Å²) in [5, 5.41) is 14.0. The molecular formula is C33H33ClF3N7O2S. The van der Waals surface area contributed by atoms with Crippen molar-refractivity contribution in [3.8, 4) is 29.0 Å². The van der Waals surface area contributed by atoms with Crippen LogP contribution in [0.2, 0.25) is 5.02 Å². The number of piperidine rings is 1. The minimum absolute atomic E-state index is 0.0258. The summed E-state index contributed by atoms with van der Waals surface area (Å²) in [5.41, 5.74) is 5.75. The predicted octanol–water partition coefficient (Wildman–Crippen LogP) is 6.19. The Hall–Kier alpha value is -3.57. The van der Waals surface area contributed by atoms with Gasteiger partial charge < -0.3 is 25.4 Å². The zero-order valence-electron chi connectivity index (χ0n) is 25.7. The number of alkyl halides is 1. The molecule has 6 heterocycles. The van der Waals surface area contributed by atoms with E-state index in [4.69, 9.17) is 31.8 Å². The van der Waals surface area contributed by atoms with Gasteiger partial charge in [0.15, 0.2) is 11.6 Å². The second-order valence-electron chi connectivity index (χ2n) is 13.0. The van der Waals surface area contributed by atoms with Gasteiger partial charge in [-0.25, -0.2) is 13.2 Å². The average Bonchev–Trinajstić information content (AvgIpc) is 3.66. The molecule has 4 aliphatic heterocycles. The maximum absolute atomic E-state index is 17.2. The summed E-state index contributed by atoms with van der Waals surface area (Å²) in [4.78, 5) is 13.8. The van der Waals surface area contributed by atoms with E-state index in [1.54, 1.807) is 0 Å². The lowest BCUT2D eigenvalue weighted by Crippen LogP contribution is -2.52. The molecule has 0 unspecified atom stereocenters. The predicted molar refractivity (Wildman–Crippen MR) is 176 cm³/mol. The number of nitriles is 1. The number of halogens is 4. The fraction of sp³-hybridized carbons (Fsp3) is 0.485. The molecule has 4 atom stereocenters. The number of benzene rings is 2. The number of hydrogen-bond donors (Lipinski definition) is 2. The second-order valence-corrected chi connectivity index (χ2v) is 14.4. The van der Waals surface area contributed by atoms with E-state index in [-0.39, 0.29) is 79.4 Å². The third-order valence-corrected chi connectivity index (χ3v) is 11.7. The molecule has 3 N–H and O–H groups in total. The molecule has 0 radical (unpaired) electrons. The normalized spacial score (nSPS) is 25.4. The molecule has 4 aromatic rings. The Labute approximate surface area is 278 Å². The van der Waals surface area contributed by atoms with Gasteiger partial charge in [-0.3, -0.25) is 4.90 Å². The molecule has 3 fully saturated rings. The Morgan fingerprint density at radius 1 is 1.26 bits per heavy atom. The molecule has 0 saturated carbocycles. The second kappa shape index (κ2) is 11.5. The van der Waals surface area contributed by atoms with Crippen molar-refractivity contribution < 1.29 is 22.6 Å². The first-order valence-corrected chi connectivity index (χ1v) is 17.2. The molecular weight excluding hydrogens is 651 g/mol. The van der Waals surface area contributed by atoms with E-state index < -0.39 is 23.3 Å². The van der Waals surface area contributed by atoms with Gasteiger partial charge in [-0.2, -0.15) is 15.2 Å². The van der Waals surface area contributed by atoms with Crippen LogP contribution in [0.3, 0.4) is 0 Å². The van der Waals surface area contributed by atoms with Crippen LogP contribution >= 0.6 is 22.9 Å². The van der Waals surface area contributed by atoms with Crippen molar-refractivity contribution in [2.75, 3.05) is 50.0 Å². The zero-order valence-corrected chi connectivity index (χ0v) is 27.3. The van der Waals surface area contributed by atoms with Gasteiger partial charge >= 0.3 is 6.01 Å². The summed E-state index contributed by atoms with van der Waals surface area (Å²) < 4.78 is 59.5. The molecule has 2 aromatic heterocycles. The maximum atomic E-state index is 17.2. The molecule has 4 aliphatic rings. The highest BCUT2D eigenvalue weighted by atomic mass is 35.5. The SMILES string of the molecule is CCN[C@@H]1CC[C@H]2COc3c(Cl)c(-c4ccc(F)c5sc(N)c(C#N)c45)c(F)c4nc(OC[C@@]56CCCN5C[C@H](F)C6)nc(c34)N2C1. The Kier molecular flexibility index (Phi) is 7.55. The molecule has 0 amide bonds. The van der Waals surface area contributed by atoms with Crippen molar-refractivity contribution in [2.24, 2.45) is 0 Å². The van der Waals surface area contributed by atoms with E-state index in [1.165, 1.54) is 12.1 Å². The van der Waals surface area contributed by atoms with Crippen molar-refractivity contribution in [1.29, 1.82) is 5.26 Å². The Bertz CT molecular complexity index is 1970. The quantitative estimate of drug-likeness (QED) is 0.246. The first-order chi connectivity index (χ1) is 22.7. The lowest BCUT2D eigenvalue weighted by Gasteiger charge is -2.39. The summed E-state index contributed by atoms with van der Waals surface area (Å²) in [7, 11) is 0. The summed E-state index contributed by atoms with van der Waals surface area (Å²) >= 11 is 7.98. The molecule has 9 nitrogen and oxygen atoms in total. The highest BCUT2D eigenvalue weighted by molar-refractivity contribution is 7.23. The number of nitrogens with two attached hydrogens (primary N) is 1. The average molecular weight is 684 g/mol. The van der Waals surface area contributed by atoms with Gasteiger partial charge in [-0.1, -0.05) is 24.6 Å². The van der Waals surface area contributed by atoms with Crippen molar-refractivity contribution in [2.45, 2.75) is 62.8 Å². The van der Waals surface area contributed by atoms with Gasteiger partial charge in [0.05, 0.1) is 32.3 Å². The van der Waals surface area contributed by atoms with E-state index in [2.05, 4.69) is 27.0 Å². The van der Waals surface area contributed by atoms with Crippen LogP contribution < -0.4 is 25.4 Å². The van der Waals surface area contributed by atoms with Crippen LogP contribution in [0.5, 0.6) is 11.8 Å². The Morgan fingerprint density at radius 2 is 2.11 bits per heavy atom. The fourth-order valence-electron chi connectivity index (χ4n) is 8.13. The van der Waals surface area contributed by atoms with Gasteiger partial charge in [-0.15, -0.1) is 11.3 Å². The number of rotatable bonds is 6. The molecule has 47 heavy (non-hydrogen) atoms. The Morgan fingerprint density at radius 3 is 2.91 bits per heavy atom. The van der Waals surface area contributed by atoms with Crippen molar-refractivity contribution in [1.82, 2.24) is 20.2 Å². The number of fused-ring (bicyclic) bond motifs is 4. The zero-order chi connectivity index (χ0) is 32.6. The van der Waals surface area contributed by atoms with Gasteiger partial charge in [0.25, 0.3) is 0 Å². The van der Waals surface area contributed by atoms with Crippen LogP contribution in [-0.2, 0) is 0 Å². The number of thiophene rings is 1. The van der Waals surface area contributed by atoms with E-state index in [9.17, 15) is 14.0 Å². The van der Waals surface area contributed by atoms with Crippen LogP contribution in [0, 0.1) is 23.0 Å². The van der Waals surface area contributed by atoms with Crippen LogP contribution in [0.1, 0.15) is 44.6 Å². The minimum atomic E-state index is -0.933. The third kappa shape index (κ3) is 4.78. The number of ether oxygens (including phenoxy) is 2. The number of likely N-dealkylation sites (N-methyl/N-ethyl adjacent to an activating group) is 1.